The van der Waals surface area contributed by atoms with Crippen molar-refractivity contribution in [1.82, 2.24) is 15.0 Å². The van der Waals surface area contributed by atoms with Crippen LogP contribution in [0.4, 0.5) is 40.6 Å². The summed E-state index contributed by atoms with van der Waals surface area (Å²) < 4.78 is 10.1. The van der Waals surface area contributed by atoms with E-state index < -0.39 is 11.9 Å². The van der Waals surface area contributed by atoms with Gasteiger partial charge in [-0.2, -0.15) is 15.0 Å². The molecule has 0 bridgehead atoms. The van der Waals surface area contributed by atoms with Crippen molar-refractivity contribution in [3.8, 4) is 0 Å². The zero-order valence-corrected chi connectivity index (χ0v) is 23.2. The fourth-order valence-corrected chi connectivity index (χ4v) is 3.72. The van der Waals surface area contributed by atoms with E-state index in [0.29, 0.717) is 36.1 Å². The first-order valence-corrected chi connectivity index (χ1v) is 13.2. The molecule has 11 heteroatoms. The van der Waals surface area contributed by atoms with Crippen molar-refractivity contribution in [1.29, 1.82) is 0 Å². The van der Waals surface area contributed by atoms with Gasteiger partial charge >= 0.3 is 11.9 Å². The molecule has 0 radical (unpaired) electrons. The van der Waals surface area contributed by atoms with Crippen molar-refractivity contribution >= 4 is 52.5 Å². The quantitative estimate of drug-likeness (QED) is 0.0907. The lowest BCUT2D eigenvalue weighted by atomic mass is 10.1. The molecule has 3 aromatic carbocycles. The van der Waals surface area contributed by atoms with Gasteiger partial charge < -0.3 is 25.4 Å². The van der Waals surface area contributed by atoms with Gasteiger partial charge in [-0.15, -0.1) is 0 Å². The van der Waals surface area contributed by atoms with Crippen LogP contribution in [0.2, 0.25) is 0 Å². The minimum Gasteiger partial charge on any atom is -0.462 e. The Labute approximate surface area is 249 Å². The molecule has 0 atom stereocenters. The minimum absolute atomic E-state index is 0.260. The van der Waals surface area contributed by atoms with Gasteiger partial charge in [0, 0.05) is 42.1 Å². The van der Waals surface area contributed by atoms with Crippen molar-refractivity contribution in [2.75, 3.05) is 29.2 Å². The molecule has 0 saturated heterocycles. The Kier molecular flexibility index (Phi) is 10.5. The third kappa shape index (κ3) is 9.54. The van der Waals surface area contributed by atoms with Gasteiger partial charge in [0.05, 0.1) is 19.8 Å². The topological polar surface area (TPSA) is 132 Å². The molecule has 0 spiro atoms. The Balaban J connectivity index is 1.48. The van der Waals surface area contributed by atoms with E-state index in [2.05, 4.69) is 48.9 Å². The van der Waals surface area contributed by atoms with Gasteiger partial charge in [-0.25, -0.2) is 14.4 Å². The molecule has 11 nitrogen and oxygen atoms in total. The number of rotatable bonds is 14. The highest BCUT2D eigenvalue weighted by Gasteiger charge is 2.09. The summed E-state index contributed by atoms with van der Waals surface area (Å²) in [4.78, 5) is 39.5. The summed E-state index contributed by atoms with van der Waals surface area (Å²) in [7, 11) is 0. The molecule has 0 aliphatic rings. The zero-order chi connectivity index (χ0) is 30.4. The predicted molar refractivity (Wildman–Crippen MR) is 165 cm³/mol. The van der Waals surface area contributed by atoms with Crippen LogP contribution in [0.3, 0.4) is 0 Å². The molecule has 216 valence electrons. The van der Waals surface area contributed by atoms with Crippen LogP contribution in [0.5, 0.6) is 0 Å². The van der Waals surface area contributed by atoms with Crippen molar-refractivity contribution < 1.29 is 19.1 Å². The summed E-state index contributed by atoms with van der Waals surface area (Å²) >= 11 is 0. The normalized spacial score (nSPS) is 10.1. The molecular weight excluding hydrogens is 546 g/mol. The standard InChI is InChI=1S/C32H29N7O4/c1-4-28(40)42-20-18-22-6-10-25(11-7-22)34-30-37-31(39-32(38-30)36-27-16-14-24(33-3)15-17-27)35-26-12-8-23(9-13-26)19-21-43-29(41)5-2/h4-17H,1-2,18-21H2,(H3,34,35,36,37,38,39). The number of esters is 2. The lowest BCUT2D eigenvalue weighted by molar-refractivity contribution is -0.138. The predicted octanol–water partition coefficient (Wildman–Crippen LogP) is 6.20. The zero-order valence-electron chi connectivity index (χ0n) is 23.2. The molecule has 0 fully saturated rings. The van der Waals surface area contributed by atoms with Crippen LogP contribution in [-0.4, -0.2) is 40.1 Å². The largest absolute Gasteiger partial charge is 0.462 e. The van der Waals surface area contributed by atoms with Crippen LogP contribution in [0.25, 0.3) is 4.85 Å². The van der Waals surface area contributed by atoms with E-state index in [1.54, 1.807) is 24.3 Å². The summed E-state index contributed by atoms with van der Waals surface area (Å²) in [6.07, 6.45) is 3.41. The lowest BCUT2D eigenvalue weighted by Gasteiger charge is -2.12. The highest BCUT2D eigenvalue weighted by Crippen LogP contribution is 2.23. The molecule has 0 aliphatic carbocycles. The number of aromatic nitrogens is 3. The van der Waals surface area contributed by atoms with Crippen LogP contribution in [0.1, 0.15) is 11.1 Å². The SMILES string of the molecule is [C-]#[N+]c1ccc(Nc2nc(Nc3ccc(CCOC(=O)C=C)cc3)nc(Nc3ccc(CCOC(=O)C=C)cc3)n2)cc1. The van der Waals surface area contributed by atoms with E-state index in [9.17, 15) is 9.59 Å². The van der Waals surface area contributed by atoms with Crippen LogP contribution in [-0.2, 0) is 31.9 Å². The number of carbonyl (C=O) groups excluding carboxylic acids is 2. The molecule has 4 aromatic rings. The van der Waals surface area contributed by atoms with E-state index in [0.717, 1.165) is 34.7 Å². The molecule has 0 saturated carbocycles. The van der Waals surface area contributed by atoms with Crippen LogP contribution >= 0.6 is 0 Å². The molecule has 43 heavy (non-hydrogen) atoms. The summed E-state index contributed by atoms with van der Waals surface area (Å²) in [5.41, 5.74) is 4.71. The first-order valence-electron chi connectivity index (χ1n) is 13.2. The first kappa shape index (κ1) is 30.0. The lowest BCUT2D eigenvalue weighted by Crippen LogP contribution is -2.08. The summed E-state index contributed by atoms with van der Waals surface area (Å²) in [6.45, 7) is 14.5. The average molecular weight is 576 g/mol. The van der Waals surface area contributed by atoms with Crippen molar-refractivity contribution in [3.05, 3.63) is 121 Å². The van der Waals surface area contributed by atoms with E-state index in [1.165, 1.54) is 0 Å². The van der Waals surface area contributed by atoms with Crippen molar-refractivity contribution in [2.24, 2.45) is 0 Å². The second-order valence-corrected chi connectivity index (χ2v) is 8.98. The highest BCUT2D eigenvalue weighted by atomic mass is 16.5. The molecule has 0 unspecified atom stereocenters. The maximum Gasteiger partial charge on any atom is 0.330 e. The number of ether oxygens (including phenoxy) is 2. The molecule has 4 rings (SSSR count). The van der Waals surface area contributed by atoms with Gasteiger partial charge in [0.1, 0.15) is 0 Å². The Morgan fingerprint density at radius 3 is 1.33 bits per heavy atom. The molecule has 0 amide bonds. The monoisotopic (exact) mass is 575 g/mol. The Hall–Kier alpha value is -6.02. The molecule has 1 aromatic heterocycles. The Morgan fingerprint density at radius 2 is 1.00 bits per heavy atom. The first-order chi connectivity index (χ1) is 20.9. The summed E-state index contributed by atoms with van der Waals surface area (Å²) in [6, 6.07) is 22.1. The van der Waals surface area contributed by atoms with Gasteiger partial charge in [-0.05, 0) is 47.5 Å². The van der Waals surface area contributed by atoms with Gasteiger partial charge in [0.15, 0.2) is 5.69 Å². The maximum absolute atomic E-state index is 11.2. The van der Waals surface area contributed by atoms with Crippen molar-refractivity contribution in [3.63, 3.8) is 0 Å². The number of anilines is 6. The van der Waals surface area contributed by atoms with Crippen LogP contribution in [0, 0.1) is 6.57 Å². The highest BCUT2D eigenvalue weighted by molar-refractivity contribution is 5.81. The van der Waals surface area contributed by atoms with E-state index in [1.807, 2.05) is 48.5 Å². The molecular formula is C32H29N7O4. The number of nitrogens with zero attached hydrogens (tertiary/aromatic N) is 4. The molecule has 0 aliphatic heterocycles. The molecule has 1 heterocycles. The van der Waals surface area contributed by atoms with E-state index >= 15 is 0 Å². The van der Waals surface area contributed by atoms with Gasteiger partial charge in [0.25, 0.3) is 0 Å². The second-order valence-electron chi connectivity index (χ2n) is 8.98. The summed E-state index contributed by atoms with van der Waals surface area (Å²) in [5.74, 6) is -0.0207. The number of hydrogen-bond acceptors (Lipinski definition) is 10. The van der Waals surface area contributed by atoms with Gasteiger partial charge in [-0.3, -0.25) is 0 Å². The number of benzene rings is 3. The third-order valence-corrected chi connectivity index (χ3v) is 5.91. The average Bonchev–Trinajstić information content (AvgIpc) is 3.03. The van der Waals surface area contributed by atoms with E-state index in [-0.39, 0.29) is 19.2 Å². The molecule has 3 N–H and O–H groups in total. The fourth-order valence-electron chi connectivity index (χ4n) is 3.72. The smallest absolute Gasteiger partial charge is 0.330 e. The van der Waals surface area contributed by atoms with Crippen LogP contribution in [0.15, 0.2) is 98.1 Å². The number of carbonyl (C=O) groups is 2. The second kappa shape index (κ2) is 15.1. The van der Waals surface area contributed by atoms with Gasteiger partial charge in [-0.1, -0.05) is 49.6 Å². The van der Waals surface area contributed by atoms with Crippen molar-refractivity contribution in [2.45, 2.75) is 12.8 Å². The third-order valence-electron chi connectivity index (χ3n) is 5.91. The Bertz CT molecular complexity index is 1520. The Morgan fingerprint density at radius 1 is 0.651 bits per heavy atom. The minimum atomic E-state index is -0.452. The van der Waals surface area contributed by atoms with E-state index in [4.69, 9.17) is 16.0 Å². The maximum atomic E-state index is 11.2. The number of hydrogen-bond donors (Lipinski definition) is 3. The fraction of sp³-hybridized carbons (Fsp3) is 0.125. The van der Waals surface area contributed by atoms with Gasteiger partial charge in [0.2, 0.25) is 17.8 Å². The summed E-state index contributed by atoms with van der Waals surface area (Å²) in [5, 5.41) is 9.56. The van der Waals surface area contributed by atoms with Crippen LogP contribution < -0.4 is 16.0 Å². The number of nitrogens with one attached hydrogen (secondary N) is 3.